The first-order valence-corrected chi connectivity index (χ1v) is 5.23. The smallest absolute Gasteiger partial charge is 0.261 e. The van der Waals surface area contributed by atoms with E-state index in [1.54, 1.807) is 7.05 Å². The van der Waals surface area contributed by atoms with Crippen molar-refractivity contribution in [2.24, 2.45) is 0 Å². The quantitative estimate of drug-likeness (QED) is 0.809. The number of aryl methyl sites for hydroxylation is 1. The van der Waals surface area contributed by atoms with Crippen LogP contribution in [-0.4, -0.2) is 26.7 Å². The van der Waals surface area contributed by atoms with Crippen LogP contribution in [0.1, 0.15) is 17.2 Å². The highest BCUT2D eigenvalue weighted by atomic mass is 19.3. The molecular weight excluding hydrogens is 212 g/mol. The van der Waals surface area contributed by atoms with E-state index in [4.69, 9.17) is 4.74 Å². The summed E-state index contributed by atoms with van der Waals surface area (Å²) in [7, 11) is 1.79. The first kappa shape index (κ1) is 13.1. The molecule has 2 nitrogen and oxygen atoms in total. The van der Waals surface area contributed by atoms with Crippen molar-refractivity contribution < 1.29 is 13.5 Å². The van der Waals surface area contributed by atoms with Crippen molar-refractivity contribution in [3.05, 3.63) is 35.4 Å². The van der Waals surface area contributed by atoms with Crippen LogP contribution >= 0.6 is 0 Å². The van der Waals surface area contributed by atoms with Gasteiger partial charge in [-0.05, 0) is 19.5 Å². The van der Waals surface area contributed by atoms with E-state index < -0.39 is 13.0 Å². The minimum Gasteiger partial charge on any atom is -0.374 e. The standard InChI is InChI=1S/C12H17F2NO/c1-9-4-3-5-10(6-9)11(15-2)7-16-8-12(13)14/h3-6,11-12,15H,7-8H2,1-2H3. The van der Waals surface area contributed by atoms with E-state index in [1.165, 1.54) is 0 Å². The lowest BCUT2D eigenvalue weighted by Gasteiger charge is -2.17. The number of nitrogens with one attached hydrogen (secondary N) is 1. The maximum absolute atomic E-state index is 11.9. The highest BCUT2D eigenvalue weighted by molar-refractivity contribution is 5.25. The Balaban J connectivity index is 2.53. The number of likely N-dealkylation sites (N-methyl/N-ethyl adjacent to an activating group) is 1. The van der Waals surface area contributed by atoms with Crippen molar-refractivity contribution in [3.8, 4) is 0 Å². The summed E-state index contributed by atoms with van der Waals surface area (Å²) in [6, 6.07) is 7.88. The molecule has 1 N–H and O–H groups in total. The van der Waals surface area contributed by atoms with E-state index in [-0.39, 0.29) is 12.6 Å². The molecule has 1 unspecified atom stereocenters. The van der Waals surface area contributed by atoms with Gasteiger partial charge in [0, 0.05) is 0 Å². The summed E-state index contributed by atoms with van der Waals surface area (Å²) in [5.74, 6) is 0. The third-order valence-corrected chi connectivity index (χ3v) is 2.32. The third-order valence-electron chi connectivity index (χ3n) is 2.32. The van der Waals surface area contributed by atoms with Crippen LogP contribution in [0.3, 0.4) is 0 Å². The van der Waals surface area contributed by atoms with Gasteiger partial charge in [0.05, 0.1) is 12.6 Å². The Hall–Kier alpha value is -1.00. The lowest BCUT2D eigenvalue weighted by Crippen LogP contribution is -2.23. The molecule has 0 aliphatic rings. The monoisotopic (exact) mass is 229 g/mol. The van der Waals surface area contributed by atoms with Crippen LogP contribution < -0.4 is 5.32 Å². The Labute approximate surface area is 94.6 Å². The molecule has 0 radical (unpaired) electrons. The molecule has 0 aliphatic carbocycles. The number of rotatable bonds is 6. The van der Waals surface area contributed by atoms with Gasteiger partial charge in [0.1, 0.15) is 6.61 Å². The molecule has 0 fully saturated rings. The molecule has 0 spiro atoms. The van der Waals surface area contributed by atoms with Crippen molar-refractivity contribution in [3.63, 3.8) is 0 Å². The minimum atomic E-state index is -2.41. The van der Waals surface area contributed by atoms with Gasteiger partial charge in [-0.1, -0.05) is 29.8 Å². The molecule has 0 saturated heterocycles. The second-order valence-corrected chi connectivity index (χ2v) is 3.68. The van der Waals surface area contributed by atoms with Crippen molar-refractivity contribution in [1.82, 2.24) is 5.32 Å². The summed E-state index contributed by atoms with van der Waals surface area (Å²) < 4.78 is 28.8. The normalized spacial score (nSPS) is 13.1. The van der Waals surface area contributed by atoms with Crippen LogP contribution in [0.25, 0.3) is 0 Å². The second kappa shape index (κ2) is 6.55. The Morgan fingerprint density at radius 1 is 1.31 bits per heavy atom. The molecular formula is C12H17F2NO. The fourth-order valence-electron chi connectivity index (χ4n) is 1.51. The molecule has 16 heavy (non-hydrogen) atoms. The first-order valence-electron chi connectivity index (χ1n) is 5.23. The Morgan fingerprint density at radius 3 is 2.62 bits per heavy atom. The van der Waals surface area contributed by atoms with Crippen LogP contribution in [0.5, 0.6) is 0 Å². The lowest BCUT2D eigenvalue weighted by molar-refractivity contribution is 0.00985. The largest absolute Gasteiger partial charge is 0.374 e. The van der Waals surface area contributed by atoms with E-state index in [0.29, 0.717) is 0 Å². The fraction of sp³-hybridized carbons (Fsp3) is 0.500. The van der Waals surface area contributed by atoms with Crippen LogP contribution in [0.4, 0.5) is 8.78 Å². The van der Waals surface area contributed by atoms with E-state index in [2.05, 4.69) is 5.32 Å². The number of ether oxygens (including phenoxy) is 1. The van der Waals surface area contributed by atoms with Crippen molar-refractivity contribution in [2.45, 2.75) is 19.4 Å². The van der Waals surface area contributed by atoms with E-state index in [1.807, 2.05) is 31.2 Å². The molecule has 90 valence electrons. The average molecular weight is 229 g/mol. The molecule has 1 atom stereocenters. The summed E-state index contributed by atoms with van der Waals surface area (Å²) in [5, 5.41) is 3.05. The predicted molar refractivity (Wildman–Crippen MR) is 59.8 cm³/mol. The predicted octanol–water partition coefficient (Wildman–Crippen LogP) is 2.54. The number of hydrogen-bond acceptors (Lipinski definition) is 2. The van der Waals surface area contributed by atoms with Gasteiger partial charge in [-0.2, -0.15) is 0 Å². The molecule has 0 aromatic heterocycles. The lowest BCUT2D eigenvalue weighted by atomic mass is 10.1. The van der Waals surface area contributed by atoms with E-state index >= 15 is 0 Å². The van der Waals surface area contributed by atoms with Crippen LogP contribution in [0.15, 0.2) is 24.3 Å². The highest BCUT2D eigenvalue weighted by Crippen LogP contribution is 2.14. The third kappa shape index (κ3) is 4.24. The molecule has 1 aromatic rings. The molecule has 0 amide bonds. The molecule has 1 rings (SSSR count). The zero-order chi connectivity index (χ0) is 12.0. The van der Waals surface area contributed by atoms with E-state index in [0.717, 1.165) is 11.1 Å². The number of halogens is 2. The molecule has 4 heteroatoms. The Morgan fingerprint density at radius 2 is 2.06 bits per heavy atom. The molecule has 1 aromatic carbocycles. The SMILES string of the molecule is CNC(COCC(F)F)c1cccc(C)c1. The molecule has 0 aliphatic heterocycles. The molecule has 0 bridgehead atoms. The van der Waals surface area contributed by atoms with Gasteiger partial charge in [0.15, 0.2) is 0 Å². The van der Waals surface area contributed by atoms with Gasteiger partial charge < -0.3 is 10.1 Å². The van der Waals surface area contributed by atoms with Gasteiger partial charge >= 0.3 is 0 Å². The fourth-order valence-corrected chi connectivity index (χ4v) is 1.51. The maximum atomic E-state index is 11.9. The van der Waals surface area contributed by atoms with Gasteiger partial charge in [0.25, 0.3) is 6.43 Å². The van der Waals surface area contributed by atoms with Crippen LogP contribution in [0.2, 0.25) is 0 Å². The van der Waals surface area contributed by atoms with Crippen molar-refractivity contribution >= 4 is 0 Å². The highest BCUT2D eigenvalue weighted by Gasteiger charge is 2.10. The van der Waals surface area contributed by atoms with Gasteiger partial charge in [0.2, 0.25) is 0 Å². The van der Waals surface area contributed by atoms with Gasteiger partial charge in [-0.15, -0.1) is 0 Å². The summed E-state index contributed by atoms with van der Waals surface area (Å²) >= 11 is 0. The minimum absolute atomic E-state index is 0.0429. The maximum Gasteiger partial charge on any atom is 0.261 e. The zero-order valence-corrected chi connectivity index (χ0v) is 9.54. The number of alkyl halides is 2. The van der Waals surface area contributed by atoms with E-state index in [9.17, 15) is 8.78 Å². The average Bonchev–Trinajstić information content (AvgIpc) is 2.24. The first-order chi connectivity index (χ1) is 7.63. The summed E-state index contributed by atoms with van der Waals surface area (Å²) in [5.41, 5.74) is 2.20. The van der Waals surface area contributed by atoms with Crippen LogP contribution in [0, 0.1) is 6.92 Å². The second-order valence-electron chi connectivity index (χ2n) is 3.68. The van der Waals surface area contributed by atoms with Gasteiger partial charge in [-0.3, -0.25) is 0 Å². The van der Waals surface area contributed by atoms with Crippen molar-refractivity contribution in [1.29, 1.82) is 0 Å². The Kier molecular flexibility index (Phi) is 5.35. The topological polar surface area (TPSA) is 21.3 Å². The molecule has 0 saturated carbocycles. The number of hydrogen-bond donors (Lipinski definition) is 1. The van der Waals surface area contributed by atoms with Crippen molar-refractivity contribution in [2.75, 3.05) is 20.3 Å². The summed E-state index contributed by atoms with van der Waals surface area (Å²) in [6.07, 6.45) is -2.41. The zero-order valence-electron chi connectivity index (χ0n) is 9.54. The van der Waals surface area contributed by atoms with Gasteiger partial charge in [-0.25, -0.2) is 8.78 Å². The Bertz CT molecular complexity index is 318. The summed E-state index contributed by atoms with van der Waals surface area (Å²) in [4.78, 5) is 0. The molecule has 0 heterocycles. The van der Waals surface area contributed by atoms with Crippen LogP contribution in [-0.2, 0) is 4.74 Å². The number of benzene rings is 1. The summed E-state index contributed by atoms with van der Waals surface area (Å²) in [6.45, 7) is 1.74.